The van der Waals surface area contributed by atoms with E-state index < -0.39 is 18.2 Å². The Morgan fingerprint density at radius 2 is 1.79 bits per heavy atom. The molecule has 0 aliphatic carbocycles. The number of hydrogen-bond donors (Lipinski definition) is 0. The van der Waals surface area contributed by atoms with Gasteiger partial charge in [-0.05, 0) is 38.1 Å². The maximum atomic E-state index is 12.7. The molecule has 1 aromatic heterocycles. The van der Waals surface area contributed by atoms with Crippen LogP contribution >= 0.6 is 0 Å². The second-order valence-corrected chi connectivity index (χ2v) is 6.68. The van der Waals surface area contributed by atoms with E-state index in [9.17, 15) is 10.1 Å². The van der Waals surface area contributed by atoms with Crippen molar-refractivity contribution in [1.82, 2.24) is 9.78 Å². The second kappa shape index (κ2) is 7.68. The Morgan fingerprint density at radius 1 is 1.14 bits per heavy atom. The summed E-state index contributed by atoms with van der Waals surface area (Å²) < 4.78 is 18.7. The van der Waals surface area contributed by atoms with E-state index in [-0.39, 0.29) is 6.61 Å². The highest BCUT2D eigenvalue weighted by atomic mass is 16.6. The van der Waals surface area contributed by atoms with Gasteiger partial charge in [-0.3, -0.25) is 0 Å². The number of aryl methyl sites for hydroxylation is 1. The minimum absolute atomic E-state index is 0.105. The topological polar surface area (TPSA) is 86.4 Å². The fraction of sp³-hybridized carbons (Fsp3) is 0.227. The number of rotatable bonds is 4. The van der Waals surface area contributed by atoms with Crippen LogP contribution in [0.1, 0.15) is 23.9 Å². The molecule has 0 saturated carbocycles. The van der Waals surface area contributed by atoms with Gasteiger partial charge in [0, 0.05) is 0 Å². The van der Waals surface area contributed by atoms with Crippen LogP contribution in [-0.4, -0.2) is 28.0 Å². The van der Waals surface area contributed by atoms with E-state index in [4.69, 9.17) is 14.2 Å². The van der Waals surface area contributed by atoms with Gasteiger partial charge in [0.25, 0.3) is 0 Å². The molecule has 0 saturated heterocycles. The van der Waals surface area contributed by atoms with Crippen LogP contribution in [-0.2, 0) is 16.1 Å². The number of aromatic nitrogens is 2. The fourth-order valence-corrected chi connectivity index (χ4v) is 3.24. The number of hydrogen-bond acceptors (Lipinski definition) is 6. The zero-order chi connectivity index (χ0) is 20.4. The summed E-state index contributed by atoms with van der Waals surface area (Å²) >= 11 is 0. The van der Waals surface area contributed by atoms with Gasteiger partial charge < -0.3 is 14.2 Å². The predicted octanol–water partition coefficient (Wildman–Crippen LogP) is 3.32. The van der Waals surface area contributed by atoms with E-state index in [0.29, 0.717) is 28.5 Å². The van der Waals surface area contributed by atoms with Crippen molar-refractivity contribution < 1.29 is 19.0 Å². The Hall–Kier alpha value is -3.79. The van der Waals surface area contributed by atoms with Crippen LogP contribution in [0.2, 0.25) is 0 Å². The van der Waals surface area contributed by atoms with Crippen LogP contribution in [0.3, 0.4) is 0 Å². The first-order chi connectivity index (χ1) is 14.1. The van der Waals surface area contributed by atoms with E-state index >= 15 is 0 Å². The van der Waals surface area contributed by atoms with Crippen molar-refractivity contribution >= 4 is 5.97 Å². The monoisotopic (exact) mass is 389 g/mol. The number of ether oxygens (including phenoxy) is 3. The standard InChI is InChI=1S/C22H19N3O4/c1-14-17(12-23)18(25(24-14)16-8-4-3-5-9-16)13-27-22(26)21-15(2)28-19-10-6-7-11-20(19)29-21/h3-11,15,21H,13H2,1-2H3. The molecule has 0 radical (unpaired) electrons. The van der Waals surface area contributed by atoms with Gasteiger partial charge in [-0.15, -0.1) is 0 Å². The van der Waals surface area contributed by atoms with Crippen LogP contribution in [0.25, 0.3) is 5.69 Å². The Morgan fingerprint density at radius 3 is 2.48 bits per heavy atom. The first-order valence-corrected chi connectivity index (χ1v) is 9.21. The lowest BCUT2D eigenvalue weighted by molar-refractivity contribution is -0.159. The van der Waals surface area contributed by atoms with Crippen molar-refractivity contribution in [2.75, 3.05) is 0 Å². The summed E-state index contributed by atoms with van der Waals surface area (Å²) in [7, 11) is 0. The molecule has 3 aromatic rings. The Labute approximate surface area is 168 Å². The Bertz CT molecular complexity index is 1090. The molecule has 0 N–H and O–H groups in total. The molecule has 0 fully saturated rings. The molecule has 1 aliphatic rings. The number of carbonyl (C=O) groups excluding carboxylic acids is 1. The van der Waals surface area contributed by atoms with E-state index in [1.54, 1.807) is 36.7 Å². The fourth-order valence-electron chi connectivity index (χ4n) is 3.24. The van der Waals surface area contributed by atoms with Crippen molar-refractivity contribution in [3.05, 3.63) is 71.5 Å². The minimum Gasteiger partial charge on any atom is -0.482 e. The summed E-state index contributed by atoms with van der Waals surface area (Å²) in [6.45, 7) is 3.40. The summed E-state index contributed by atoms with van der Waals surface area (Å²) in [5, 5.41) is 14.0. The lowest BCUT2D eigenvalue weighted by atomic mass is 10.2. The maximum Gasteiger partial charge on any atom is 0.351 e. The van der Waals surface area contributed by atoms with Crippen LogP contribution in [0.5, 0.6) is 11.5 Å². The zero-order valence-corrected chi connectivity index (χ0v) is 16.0. The first kappa shape index (κ1) is 18.6. The van der Waals surface area contributed by atoms with Crippen LogP contribution in [0.4, 0.5) is 0 Å². The van der Waals surface area contributed by atoms with Crippen LogP contribution < -0.4 is 9.47 Å². The number of carbonyl (C=O) groups is 1. The Kier molecular flexibility index (Phi) is 4.92. The molecule has 0 spiro atoms. The molecule has 4 rings (SSSR count). The van der Waals surface area contributed by atoms with E-state index in [2.05, 4.69) is 11.2 Å². The van der Waals surface area contributed by atoms with Crippen LogP contribution in [0, 0.1) is 18.3 Å². The average Bonchev–Trinajstić information content (AvgIpc) is 3.07. The number of esters is 1. The summed E-state index contributed by atoms with van der Waals surface area (Å²) in [5.41, 5.74) is 2.25. The average molecular weight is 389 g/mol. The van der Waals surface area contributed by atoms with E-state index in [0.717, 1.165) is 5.69 Å². The highest BCUT2D eigenvalue weighted by Crippen LogP contribution is 2.33. The molecule has 146 valence electrons. The summed E-state index contributed by atoms with van der Waals surface area (Å²) in [6, 6.07) is 18.7. The molecule has 2 atom stereocenters. The largest absolute Gasteiger partial charge is 0.482 e. The number of benzene rings is 2. The van der Waals surface area contributed by atoms with Gasteiger partial charge in [-0.2, -0.15) is 10.4 Å². The van der Waals surface area contributed by atoms with Crippen molar-refractivity contribution in [3.63, 3.8) is 0 Å². The van der Waals surface area contributed by atoms with Gasteiger partial charge in [0.2, 0.25) is 6.10 Å². The molecule has 7 nitrogen and oxygen atoms in total. The third-order valence-electron chi connectivity index (χ3n) is 4.69. The van der Waals surface area contributed by atoms with Crippen molar-refractivity contribution in [1.29, 1.82) is 5.26 Å². The van der Waals surface area contributed by atoms with Gasteiger partial charge in [0.05, 0.1) is 17.1 Å². The normalized spacial score (nSPS) is 17.4. The predicted molar refractivity (Wildman–Crippen MR) is 104 cm³/mol. The van der Waals surface area contributed by atoms with Gasteiger partial charge in [0.15, 0.2) is 11.5 Å². The smallest absolute Gasteiger partial charge is 0.351 e. The number of nitriles is 1. The van der Waals surface area contributed by atoms with E-state index in [1.807, 2.05) is 36.4 Å². The highest BCUT2D eigenvalue weighted by molar-refractivity contribution is 5.76. The van der Waals surface area contributed by atoms with Crippen molar-refractivity contribution in [2.45, 2.75) is 32.7 Å². The maximum absolute atomic E-state index is 12.7. The van der Waals surface area contributed by atoms with Crippen molar-refractivity contribution in [2.24, 2.45) is 0 Å². The zero-order valence-electron chi connectivity index (χ0n) is 16.0. The second-order valence-electron chi connectivity index (χ2n) is 6.68. The molecule has 7 heteroatoms. The van der Waals surface area contributed by atoms with Crippen LogP contribution in [0.15, 0.2) is 54.6 Å². The number of nitrogens with zero attached hydrogens (tertiary/aromatic N) is 3. The minimum atomic E-state index is -0.898. The molecule has 1 aliphatic heterocycles. The van der Waals surface area contributed by atoms with Gasteiger partial charge >= 0.3 is 5.97 Å². The molecule has 29 heavy (non-hydrogen) atoms. The van der Waals surface area contributed by atoms with E-state index in [1.165, 1.54) is 0 Å². The first-order valence-electron chi connectivity index (χ1n) is 9.21. The third kappa shape index (κ3) is 3.52. The molecular formula is C22H19N3O4. The highest BCUT2D eigenvalue weighted by Gasteiger charge is 2.35. The number of fused-ring (bicyclic) bond motifs is 1. The third-order valence-corrected chi connectivity index (χ3v) is 4.69. The molecule has 2 heterocycles. The lowest BCUT2D eigenvalue weighted by Gasteiger charge is -2.30. The lowest BCUT2D eigenvalue weighted by Crippen LogP contribution is -2.44. The summed E-state index contributed by atoms with van der Waals surface area (Å²) in [4.78, 5) is 12.7. The van der Waals surface area contributed by atoms with Gasteiger partial charge in [-0.25, -0.2) is 9.48 Å². The Balaban J connectivity index is 1.55. The van der Waals surface area contributed by atoms with Crippen molar-refractivity contribution in [3.8, 4) is 23.3 Å². The quantitative estimate of drug-likeness (QED) is 0.636. The number of para-hydroxylation sites is 3. The molecule has 2 unspecified atom stereocenters. The molecule has 0 bridgehead atoms. The van der Waals surface area contributed by atoms with Gasteiger partial charge in [0.1, 0.15) is 24.3 Å². The summed E-state index contributed by atoms with van der Waals surface area (Å²) in [6.07, 6.45) is -1.40. The van der Waals surface area contributed by atoms with Gasteiger partial charge in [-0.1, -0.05) is 30.3 Å². The molecule has 2 aromatic carbocycles. The molecular weight excluding hydrogens is 370 g/mol. The molecule has 0 amide bonds. The summed E-state index contributed by atoms with van der Waals surface area (Å²) in [5.74, 6) is 0.526. The SMILES string of the molecule is Cc1nn(-c2ccccc2)c(COC(=O)C2Oc3ccccc3OC2C)c1C#N.